The van der Waals surface area contributed by atoms with Crippen molar-refractivity contribution in [2.45, 2.75) is 44.6 Å². The Balaban J connectivity index is 2.01. The maximum Gasteiger partial charge on any atom is 0.293 e. The molecule has 1 saturated carbocycles. The fourth-order valence-corrected chi connectivity index (χ4v) is 3.34. The predicted octanol–water partition coefficient (Wildman–Crippen LogP) is 3.94. The van der Waals surface area contributed by atoms with Gasteiger partial charge in [0.2, 0.25) is 0 Å². The van der Waals surface area contributed by atoms with E-state index >= 15 is 0 Å². The number of nitro benzene ring substituents is 1. The van der Waals surface area contributed by atoms with Crippen LogP contribution in [0.5, 0.6) is 0 Å². The Morgan fingerprint density at radius 2 is 2.14 bits per heavy atom. The van der Waals surface area contributed by atoms with Crippen molar-refractivity contribution in [3.63, 3.8) is 0 Å². The lowest BCUT2D eigenvalue weighted by Crippen LogP contribution is -2.40. The van der Waals surface area contributed by atoms with E-state index in [0.29, 0.717) is 18.2 Å². The zero-order valence-corrected chi connectivity index (χ0v) is 14.3. The second-order valence-electron chi connectivity index (χ2n) is 5.85. The van der Waals surface area contributed by atoms with E-state index in [1.54, 1.807) is 12.1 Å². The van der Waals surface area contributed by atoms with E-state index in [2.05, 4.69) is 34.8 Å². The summed E-state index contributed by atoms with van der Waals surface area (Å²) in [5.74, 6) is 0.706. The quantitative estimate of drug-likeness (QED) is 0.443. The van der Waals surface area contributed by atoms with Crippen LogP contribution >= 0.6 is 22.6 Å². The first kappa shape index (κ1) is 16.5. The summed E-state index contributed by atoms with van der Waals surface area (Å²) in [6.45, 7) is 2.55. The molecule has 0 bridgehead atoms. The molecule has 6 heteroatoms. The summed E-state index contributed by atoms with van der Waals surface area (Å²) in [6.07, 6.45) is 4.74. The van der Waals surface area contributed by atoms with Gasteiger partial charge in [0.05, 0.1) is 10.5 Å². The van der Waals surface area contributed by atoms with Gasteiger partial charge >= 0.3 is 0 Å². The van der Waals surface area contributed by atoms with E-state index < -0.39 is 5.60 Å². The normalized spacial score (nSPS) is 25.6. The Morgan fingerprint density at radius 3 is 2.71 bits per heavy atom. The van der Waals surface area contributed by atoms with Crippen molar-refractivity contribution in [1.82, 2.24) is 0 Å². The first-order valence-electron chi connectivity index (χ1n) is 7.34. The molecule has 21 heavy (non-hydrogen) atoms. The van der Waals surface area contributed by atoms with Crippen molar-refractivity contribution >= 4 is 34.0 Å². The molecular formula is C15H21IN2O3. The Labute approximate surface area is 138 Å². The molecule has 1 aliphatic rings. The van der Waals surface area contributed by atoms with Gasteiger partial charge in [-0.2, -0.15) is 0 Å². The molecule has 0 aliphatic heterocycles. The highest BCUT2D eigenvalue weighted by Gasteiger charge is 2.32. The minimum atomic E-state index is -0.747. The van der Waals surface area contributed by atoms with Gasteiger partial charge in [0.25, 0.3) is 5.69 Å². The third-order valence-corrected chi connectivity index (χ3v) is 5.05. The van der Waals surface area contributed by atoms with Crippen molar-refractivity contribution in [2.75, 3.05) is 11.9 Å². The minimum absolute atomic E-state index is 0.0627. The van der Waals surface area contributed by atoms with Crippen molar-refractivity contribution in [2.24, 2.45) is 5.92 Å². The number of halogens is 1. The fourth-order valence-electron chi connectivity index (χ4n) is 2.87. The molecule has 1 aromatic carbocycles. The summed E-state index contributed by atoms with van der Waals surface area (Å²) >= 11 is 2.05. The molecule has 1 aromatic rings. The average molecular weight is 404 g/mol. The van der Waals surface area contributed by atoms with Crippen LogP contribution in [0.3, 0.4) is 0 Å². The number of rotatable bonds is 5. The number of nitro groups is 1. The van der Waals surface area contributed by atoms with Gasteiger partial charge in [-0.3, -0.25) is 10.1 Å². The monoisotopic (exact) mass is 404 g/mol. The number of anilines is 1. The molecule has 0 unspecified atom stereocenters. The van der Waals surface area contributed by atoms with Crippen LogP contribution in [0.1, 0.15) is 39.0 Å². The molecule has 0 amide bonds. The molecule has 0 heterocycles. The average Bonchev–Trinajstić information content (AvgIpc) is 2.47. The summed E-state index contributed by atoms with van der Waals surface area (Å²) in [4.78, 5) is 10.7. The van der Waals surface area contributed by atoms with Crippen molar-refractivity contribution < 1.29 is 10.0 Å². The van der Waals surface area contributed by atoms with E-state index in [0.717, 1.165) is 35.7 Å². The number of aliphatic hydroxyl groups is 1. The lowest BCUT2D eigenvalue weighted by molar-refractivity contribution is -0.384. The van der Waals surface area contributed by atoms with Gasteiger partial charge < -0.3 is 10.4 Å². The number of nitrogens with one attached hydrogen (secondary N) is 1. The van der Waals surface area contributed by atoms with Gasteiger partial charge in [-0.25, -0.2) is 0 Å². The third kappa shape index (κ3) is 4.29. The van der Waals surface area contributed by atoms with Gasteiger partial charge in [0, 0.05) is 16.2 Å². The van der Waals surface area contributed by atoms with E-state index in [-0.39, 0.29) is 10.6 Å². The lowest BCUT2D eigenvalue weighted by Gasteiger charge is -2.36. The van der Waals surface area contributed by atoms with Crippen LogP contribution in [0.2, 0.25) is 0 Å². The van der Waals surface area contributed by atoms with Crippen molar-refractivity contribution in [1.29, 1.82) is 0 Å². The van der Waals surface area contributed by atoms with Crippen molar-refractivity contribution in [3.05, 3.63) is 31.9 Å². The Morgan fingerprint density at radius 1 is 1.48 bits per heavy atom. The summed E-state index contributed by atoms with van der Waals surface area (Å²) in [7, 11) is 0. The second-order valence-corrected chi connectivity index (χ2v) is 7.09. The topological polar surface area (TPSA) is 75.4 Å². The van der Waals surface area contributed by atoms with Gasteiger partial charge in [0.15, 0.2) is 0 Å². The van der Waals surface area contributed by atoms with Gasteiger partial charge in [-0.05, 0) is 66.3 Å². The molecule has 0 saturated heterocycles. The van der Waals surface area contributed by atoms with E-state index in [1.807, 2.05) is 6.07 Å². The highest BCUT2D eigenvalue weighted by molar-refractivity contribution is 14.1. The van der Waals surface area contributed by atoms with E-state index in [4.69, 9.17) is 0 Å². The molecule has 2 N–H and O–H groups in total. The number of hydrogen-bond acceptors (Lipinski definition) is 4. The molecule has 0 aromatic heterocycles. The molecule has 116 valence electrons. The number of benzene rings is 1. The molecule has 2 rings (SSSR count). The van der Waals surface area contributed by atoms with E-state index in [9.17, 15) is 15.2 Å². The predicted molar refractivity (Wildman–Crippen MR) is 91.5 cm³/mol. The van der Waals surface area contributed by atoms with Crippen LogP contribution in [0.4, 0.5) is 11.4 Å². The van der Waals surface area contributed by atoms with Crippen LogP contribution in [0.25, 0.3) is 0 Å². The summed E-state index contributed by atoms with van der Waals surface area (Å²) in [6, 6.07) is 5.08. The first-order chi connectivity index (χ1) is 9.93. The summed E-state index contributed by atoms with van der Waals surface area (Å²) in [5, 5.41) is 24.8. The maximum absolute atomic E-state index is 11.1. The maximum atomic E-state index is 11.1. The first-order valence-corrected chi connectivity index (χ1v) is 8.41. The standard InChI is InChI=1S/C15H21IN2O3/c1-2-11-5-7-15(19,8-6-11)10-17-13-4-3-12(16)9-14(13)18(20)21/h3-4,9,11,17,19H,2,5-8,10H2,1H3. The molecule has 5 nitrogen and oxygen atoms in total. The van der Waals surface area contributed by atoms with Crippen LogP contribution < -0.4 is 5.32 Å². The molecule has 0 atom stereocenters. The summed E-state index contributed by atoms with van der Waals surface area (Å²) in [5.41, 5.74) is -0.207. The lowest BCUT2D eigenvalue weighted by atomic mass is 9.78. The number of nitrogens with zero attached hydrogens (tertiary/aromatic N) is 1. The van der Waals surface area contributed by atoms with Crippen LogP contribution in [-0.4, -0.2) is 22.2 Å². The zero-order valence-electron chi connectivity index (χ0n) is 12.1. The van der Waals surface area contributed by atoms with Crippen LogP contribution in [0.15, 0.2) is 18.2 Å². The van der Waals surface area contributed by atoms with Crippen LogP contribution in [0, 0.1) is 19.6 Å². The Hall–Kier alpha value is -0.890. The molecule has 0 spiro atoms. The van der Waals surface area contributed by atoms with Gasteiger partial charge in [-0.15, -0.1) is 0 Å². The largest absolute Gasteiger partial charge is 0.388 e. The molecule has 1 fully saturated rings. The highest BCUT2D eigenvalue weighted by Crippen LogP contribution is 2.34. The second kappa shape index (κ2) is 6.91. The molecule has 1 aliphatic carbocycles. The van der Waals surface area contributed by atoms with E-state index in [1.165, 1.54) is 0 Å². The fraction of sp³-hybridized carbons (Fsp3) is 0.600. The summed E-state index contributed by atoms with van der Waals surface area (Å²) < 4.78 is 0.826. The Kier molecular flexibility index (Phi) is 5.43. The zero-order chi connectivity index (χ0) is 15.5. The van der Waals surface area contributed by atoms with Crippen molar-refractivity contribution in [3.8, 4) is 0 Å². The molecular weight excluding hydrogens is 383 g/mol. The smallest absolute Gasteiger partial charge is 0.293 e. The SMILES string of the molecule is CCC1CCC(O)(CNc2ccc(I)cc2[N+](=O)[O-])CC1. The van der Waals surface area contributed by atoms with Gasteiger partial charge in [0.1, 0.15) is 5.69 Å². The van der Waals surface area contributed by atoms with Crippen LogP contribution in [-0.2, 0) is 0 Å². The molecule has 0 radical (unpaired) electrons. The highest BCUT2D eigenvalue weighted by atomic mass is 127. The minimum Gasteiger partial charge on any atom is -0.388 e. The third-order valence-electron chi connectivity index (χ3n) is 4.38. The number of hydrogen-bond donors (Lipinski definition) is 2. The van der Waals surface area contributed by atoms with Gasteiger partial charge in [-0.1, -0.05) is 13.3 Å². The Bertz CT molecular complexity index is 514.